The van der Waals surface area contributed by atoms with Crippen molar-refractivity contribution < 1.29 is 13.9 Å². The summed E-state index contributed by atoms with van der Waals surface area (Å²) >= 11 is 0. The van der Waals surface area contributed by atoms with Crippen LogP contribution in [-0.2, 0) is 0 Å². The van der Waals surface area contributed by atoms with Crippen molar-refractivity contribution in [3.8, 4) is 5.75 Å². The van der Waals surface area contributed by atoms with Gasteiger partial charge in [0.15, 0.2) is 11.6 Å². The fraction of sp³-hybridized carbons (Fsp3) is 0.0769. The van der Waals surface area contributed by atoms with Crippen molar-refractivity contribution in [2.45, 2.75) is 0 Å². The van der Waals surface area contributed by atoms with Crippen LogP contribution in [0.5, 0.6) is 5.75 Å². The van der Waals surface area contributed by atoms with Gasteiger partial charge in [-0.3, -0.25) is 4.79 Å². The average Bonchev–Trinajstić information content (AvgIpc) is 2.42. The number of anilines is 3. The Hall–Kier alpha value is -2.83. The number of carbonyl (C=O) groups excluding carboxylic acids is 1. The summed E-state index contributed by atoms with van der Waals surface area (Å²) in [6.45, 7) is 0. The Balaban J connectivity index is 2.37. The molecule has 0 aliphatic carbocycles. The molecule has 0 radical (unpaired) electrons. The minimum Gasteiger partial charge on any atom is -0.494 e. The third kappa shape index (κ3) is 2.77. The lowest BCUT2D eigenvalue weighted by Gasteiger charge is -2.11. The number of benzene rings is 1. The molecule has 7 heteroatoms. The molecule has 1 amide bonds. The predicted octanol–water partition coefficient (Wildman–Crippen LogP) is 1.65. The highest BCUT2D eigenvalue weighted by molar-refractivity contribution is 5.99. The van der Waals surface area contributed by atoms with Crippen LogP contribution in [0, 0.1) is 5.82 Å². The zero-order valence-corrected chi connectivity index (χ0v) is 10.7. The molecule has 0 bridgehead atoms. The molecule has 2 rings (SSSR count). The molecule has 1 aromatic carbocycles. The molecule has 2 aromatic rings. The second kappa shape index (κ2) is 5.43. The number of halogens is 1. The quantitative estimate of drug-likeness (QED) is 0.787. The van der Waals surface area contributed by atoms with Crippen molar-refractivity contribution in [2.24, 2.45) is 5.73 Å². The molecule has 104 valence electrons. The van der Waals surface area contributed by atoms with E-state index in [1.54, 1.807) is 0 Å². The number of nitrogens with one attached hydrogen (secondary N) is 1. The zero-order chi connectivity index (χ0) is 14.7. The molecule has 1 heterocycles. The average molecular weight is 276 g/mol. The molecule has 1 aromatic heterocycles. The van der Waals surface area contributed by atoms with Crippen LogP contribution < -0.4 is 21.5 Å². The summed E-state index contributed by atoms with van der Waals surface area (Å²) in [6.07, 6.45) is 1.38. The van der Waals surface area contributed by atoms with Gasteiger partial charge >= 0.3 is 0 Å². The van der Waals surface area contributed by atoms with Gasteiger partial charge in [-0.25, -0.2) is 9.37 Å². The molecule has 6 nitrogen and oxygen atoms in total. The number of amides is 1. The van der Waals surface area contributed by atoms with Crippen molar-refractivity contribution in [3.05, 3.63) is 41.8 Å². The Morgan fingerprint density at radius 3 is 2.80 bits per heavy atom. The Labute approximate surface area is 114 Å². The van der Waals surface area contributed by atoms with E-state index in [0.717, 1.165) is 0 Å². The Morgan fingerprint density at radius 2 is 2.15 bits per heavy atom. The van der Waals surface area contributed by atoms with Crippen LogP contribution in [0.15, 0.2) is 30.5 Å². The molecule has 0 atom stereocenters. The van der Waals surface area contributed by atoms with Crippen LogP contribution in [0.25, 0.3) is 0 Å². The summed E-state index contributed by atoms with van der Waals surface area (Å²) in [5.74, 6) is -0.841. The Kier molecular flexibility index (Phi) is 3.69. The fourth-order valence-corrected chi connectivity index (χ4v) is 1.64. The maximum Gasteiger partial charge on any atom is 0.252 e. The molecule has 5 N–H and O–H groups in total. The number of hydrogen-bond donors (Lipinski definition) is 3. The summed E-state index contributed by atoms with van der Waals surface area (Å²) < 4.78 is 18.2. The van der Waals surface area contributed by atoms with E-state index in [-0.39, 0.29) is 17.1 Å². The van der Waals surface area contributed by atoms with Gasteiger partial charge in [0.05, 0.1) is 24.6 Å². The van der Waals surface area contributed by atoms with Crippen molar-refractivity contribution >= 4 is 23.1 Å². The summed E-state index contributed by atoms with van der Waals surface area (Å²) in [5.41, 5.74) is 11.8. The number of primary amides is 1. The highest BCUT2D eigenvalue weighted by atomic mass is 19.1. The topological polar surface area (TPSA) is 103 Å². The van der Waals surface area contributed by atoms with E-state index in [2.05, 4.69) is 10.3 Å². The van der Waals surface area contributed by atoms with Gasteiger partial charge in [-0.2, -0.15) is 0 Å². The minimum atomic E-state index is -0.665. The molecule has 0 aliphatic rings. The zero-order valence-electron chi connectivity index (χ0n) is 10.7. The van der Waals surface area contributed by atoms with Gasteiger partial charge in [0, 0.05) is 11.8 Å². The lowest BCUT2D eigenvalue weighted by atomic mass is 10.2. The molecular weight excluding hydrogens is 263 g/mol. The van der Waals surface area contributed by atoms with Crippen LogP contribution >= 0.6 is 0 Å². The van der Waals surface area contributed by atoms with Gasteiger partial charge in [0.25, 0.3) is 5.91 Å². The van der Waals surface area contributed by atoms with Crippen molar-refractivity contribution in [1.82, 2.24) is 4.98 Å². The molecule has 0 fully saturated rings. The number of pyridine rings is 1. The number of nitrogens with zero attached hydrogens (tertiary/aromatic N) is 1. The van der Waals surface area contributed by atoms with Gasteiger partial charge in [-0.1, -0.05) is 0 Å². The van der Waals surface area contributed by atoms with E-state index in [4.69, 9.17) is 16.2 Å². The largest absolute Gasteiger partial charge is 0.494 e. The first-order chi connectivity index (χ1) is 9.51. The normalized spacial score (nSPS) is 10.1. The second-order valence-electron chi connectivity index (χ2n) is 4.00. The maximum absolute atomic E-state index is 13.3. The third-order valence-electron chi connectivity index (χ3n) is 2.59. The van der Waals surface area contributed by atoms with Crippen LogP contribution in [0.3, 0.4) is 0 Å². The minimum absolute atomic E-state index is 0.0751. The van der Waals surface area contributed by atoms with Gasteiger partial charge < -0.3 is 21.5 Å². The first kappa shape index (κ1) is 13.6. The monoisotopic (exact) mass is 276 g/mol. The maximum atomic E-state index is 13.3. The molecule has 0 spiro atoms. The third-order valence-corrected chi connectivity index (χ3v) is 2.59. The van der Waals surface area contributed by atoms with E-state index in [9.17, 15) is 9.18 Å². The van der Waals surface area contributed by atoms with E-state index >= 15 is 0 Å². The lowest BCUT2D eigenvalue weighted by Crippen LogP contribution is -2.14. The van der Waals surface area contributed by atoms with E-state index in [0.29, 0.717) is 11.4 Å². The Bertz CT molecular complexity index is 661. The van der Waals surface area contributed by atoms with Crippen LogP contribution in [-0.4, -0.2) is 18.0 Å². The second-order valence-corrected chi connectivity index (χ2v) is 4.00. The molecular formula is C13H13FN4O2. The van der Waals surface area contributed by atoms with Gasteiger partial charge in [-0.15, -0.1) is 0 Å². The van der Waals surface area contributed by atoms with Crippen LogP contribution in [0.2, 0.25) is 0 Å². The number of nitrogens with two attached hydrogens (primary N) is 2. The number of hydrogen-bond acceptors (Lipinski definition) is 5. The summed E-state index contributed by atoms with van der Waals surface area (Å²) in [4.78, 5) is 15.3. The summed E-state index contributed by atoms with van der Waals surface area (Å²) in [5, 5.41) is 2.87. The highest BCUT2D eigenvalue weighted by Gasteiger charge is 2.11. The van der Waals surface area contributed by atoms with Crippen molar-refractivity contribution in [1.29, 1.82) is 0 Å². The van der Waals surface area contributed by atoms with E-state index in [1.165, 1.54) is 37.6 Å². The fourth-order valence-electron chi connectivity index (χ4n) is 1.64. The number of rotatable bonds is 4. The first-order valence-corrected chi connectivity index (χ1v) is 5.67. The van der Waals surface area contributed by atoms with Crippen LogP contribution in [0.1, 0.15) is 10.4 Å². The Morgan fingerprint density at radius 1 is 1.40 bits per heavy atom. The predicted molar refractivity (Wildman–Crippen MR) is 73.4 cm³/mol. The van der Waals surface area contributed by atoms with Crippen LogP contribution in [0.4, 0.5) is 21.6 Å². The molecule has 0 unspecified atom stereocenters. The van der Waals surface area contributed by atoms with Crippen molar-refractivity contribution in [3.63, 3.8) is 0 Å². The number of ether oxygens (including phenoxy) is 1. The van der Waals surface area contributed by atoms with E-state index < -0.39 is 11.7 Å². The lowest BCUT2D eigenvalue weighted by molar-refractivity contribution is 0.100. The smallest absolute Gasteiger partial charge is 0.252 e. The summed E-state index contributed by atoms with van der Waals surface area (Å²) in [7, 11) is 1.36. The molecule has 0 aliphatic heterocycles. The van der Waals surface area contributed by atoms with Gasteiger partial charge in [0.2, 0.25) is 0 Å². The van der Waals surface area contributed by atoms with Crippen molar-refractivity contribution in [2.75, 3.05) is 18.2 Å². The SMILES string of the molecule is COc1cc(Nc2ncc(N)cc2C(N)=O)ccc1F. The highest BCUT2D eigenvalue weighted by Crippen LogP contribution is 2.25. The number of aromatic nitrogens is 1. The molecule has 0 saturated carbocycles. The standard InChI is InChI=1S/C13H13FN4O2/c1-20-11-5-8(2-3-10(11)14)18-13-9(12(16)19)4-7(15)6-17-13/h2-6H,15H2,1H3,(H2,16,19)(H,17,18). The van der Waals surface area contributed by atoms with E-state index in [1.807, 2.05) is 0 Å². The first-order valence-electron chi connectivity index (χ1n) is 5.67. The molecule has 0 saturated heterocycles. The van der Waals surface area contributed by atoms with Gasteiger partial charge in [0.1, 0.15) is 5.82 Å². The number of carbonyl (C=O) groups is 1. The number of nitrogen functional groups attached to an aromatic ring is 1. The number of methoxy groups -OCH3 is 1. The summed E-state index contributed by atoms with van der Waals surface area (Å²) in [6, 6.07) is 5.58. The van der Waals surface area contributed by atoms with Gasteiger partial charge in [-0.05, 0) is 18.2 Å². The molecule has 20 heavy (non-hydrogen) atoms.